The van der Waals surface area contributed by atoms with E-state index in [2.05, 4.69) is 34.8 Å². The Balaban J connectivity index is 1.28. The molecule has 0 radical (unpaired) electrons. The molecule has 0 unspecified atom stereocenters. The van der Waals surface area contributed by atoms with Gasteiger partial charge in [0.15, 0.2) is 5.82 Å². The fourth-order valence-electron chi connectivity index (χ4n) is 3.82. The Kier molecular flexibility index (Phi) is 5.14. The van der Waals surface area contributed by atoms with Gasteiger partial charge >= 0.3 is 0 Å². The second kappa shape index (κ2) is 8.23. The molecule has 0 aromatic carbocycles. The van der Waals surface area contributed by atoms with Crippen molar-refractivity contribution < 1.29 is 4.74 Å². The highest BCUT2D eigenvalue weighted by Crippen LogP contribution is 2.21. The van der Waals surface area contributed by atoms with Gasteiger partial charge in [-0.15, -0.1) is 0 Å². The number of hydrogen-bond donors (Lipinski definition) is 0. The van der Waals surface area contributed by atoms with Crippen molar-refractivity contribution in [3.63, 3.8) is 0 Å². The van der Waals surface area contributed by atoms with Crippen LogP contribution in [-0.2, 0) is 4.74 Å². The summed E-state index contributed by atoms with van der Waals surface area (Å²) >= 11 is 0. The van der Waals surface area contributed by atoms with Crippen LogP contribution in [0.2, 0.25) is 0 Å². The van der Waals surface area contributed by atoms with Gasteiger partial charge in [-0.3, -0.25) is 0 Å². The number of rotatable bonds is 4. The van der Waals surface area contributed by atoms with Gasteiger partial charge in [-0.05, 0) is 19.1 Å². The molecule has 2 aliphatic rings. The fraction of sp³-hybridized carbons (Fsp3) is 0.450. The lowest BCUT2D eigenvalue weighted by Crippen LogP contribution is -2.47. The van der Waals surface area contributed by atoms with Crippen molar-refractivity contribution in [1.29, 1.82) is 0 Å². The minimum atomic E-state index is 0.727. The van der Waals surface area contributed by atoms with Gasteiger partial charge in [0, 0.05) is 63.9 Å². The summed E-state index contributed by atoms with van der Waals surface area (Å²) < 4.78 is 7.20. The molecule has 0 atom stereocenters. The van der Waals surface area contributed by atoms with Crippen LogP contribution in [-0.4, -0.2) is 82.2 Å². The second-order valence-corrected chi connectivity index (χ2v) is 7.37. The predicted molar refractivity (Wildman–Crippen MR) is 113 cm³/mol. The Morgan fingerprint density at radius 3 is 2.27 bits per heavy atom. The van der Waals surface area contributed by atoms with Crippen LogP contribution in [0, 0.1) is 6.92 Å². The zero-order chi connectivity index (χ0) is 20.3. The van der Waals surface area contributed by atoms with Gasteiger partial charge in [-0.1, -0.05) is 0 Å². The van der Waals surface area contributed by atoms with Crippen LogP contribution in [0.25, 0.3) is 5.82 Å². The maximum Gasteiger partial charge on any atom is 0.227 e. The van der Waals surface area contributed by atoms with E-state index in [-0.39, 0.29) is 0 Å². The number of morpholine rings is 1. The molecule has 10 heteroatoms. The van der Waals surface area contributed by atoms with Gasteiger partial charge in [0.2, 0.25) is 5.95 Å². The molecular formula is C20H25N9O. The van der Waals surface area contributed by atoms with Crippen LogP contribution in [0.15, 0.2) is 36.8 Å². The normalized spacial score (nSPS) is 17.4. The van der Waals surface area contributed by atoms with Crippen molar-refractivity contribution in [2.75, 3.05) is 67.2 Å². The third-order valence-electron chi connectivity index (χ3n) is 5.40. The van der Waals surface area contributed by atoms with E-state index in [9.17, 15) is 0 Å². The summed E-state index contributed by atoms with van der Waals surface area (Å²) in [5, 5.41) is 4.29. The molecule has 30 heavy (non-hydrogen) atoms. The van der Waals surface area contributed by atoms with E-state index in [4.69, 9.17) is 9.72 Å². The molecule has 0 saturated carbocycles. The standard InChI is InChI=1S/C20H25N9O/c1-16-23-18(15-19(24-16)29-6-2-4-22-29)27-9-7-26(8-10-27)17-3-5-21-20(25-17)28-11-13-30-14-12-28/h2-6,15H,7-14H2,1H3. The first kappa shape index (κ1) is 18.7. The molecule has 10 nitrogen and oxygen atoms in total. The predicted octanol–water partition coefficient (Wildman–Crippen LogP) is 0.924. The van der Waals surface area contributed by atoms with E-state index < -0.39 is 0 Å². The van der Waals surface area contributed by atoms with Crippen LogP contribution in [0.4, 0.5) is 17.6 Å². The number of ether oxygens (including phenoxy) is 1. The maximum absolute atomic E-state index is 5.43. The Hall–Kier alpha value is -3.27. The zero-order valence-corrected chi connectivity index (χ0v) is 17.1. The smallest absolute Gasteiger partial charge is 0.227 e. The summed E-state index contributed by atoms with van der Waals surface area (Å²) in [5.74, 6) is 4.22. The molecule has 2 fully saturated rings. The van der Waals surface area contributed by atoms with Gasteiger partial charge in [-0.25, -0.2) is 19.6 Å². The average Bonchev–Trinajstić information content (AvgIpc) is 3.35. The van der Waals surface area contributed by atoms with E-state index in [0.29, 0.717) is 0 Å². The van der Waals surface area contributed by atoms with Crippen molar-refractivity contribution in [2.24, 2.45) is 0 Å². The topological polar surface area (TPSA) is 88.3 Å². The molecule has 3 aromatic heterocycles. The second-order valence-electron chi connectivity index (χ2n) is 7.37. The number of aryl methyl sites for hydroxylation is 1. The van der Waals surface area contributed by atoms with Crippen molar-refractivity contribution in [2.45, 2.75) is 6.92 Å². The third-order valence-corrected chi connectivity index (χ3v) is 5.40. The van der Waals surface area contributed by atoms with E-state index in [1.54, 1.807) is 10.9 Å². The first-order valence-corrected chi connectivity index (χ1v) is 10.3. The number of aromatic nitrogens is 6. The van der Waals surface area contributed by atoms with Gasteiger partial charge in [-0.2, -0.15) is 10.1 Å². The summed E-state index contributed by atoms with van der Waals surface area (Å²) in [7, 11) is 0. The third kappa shape index (κ3) is 3.90. The Labute approximate surface area is 175 Å². The first-order chi connectivity index (χ1) is 14.8. The summed E-state index contributed by atoms with van der Waals surface area (Å²) in [6, 6.07) is 5.88. The molecule has 5 rings (SSSR count). The minimum absolute atomic E-state index is 0.727. The van der Waals surface area contributed by atoms with E-state index in [0.717, 1.165) is 81.7 Å². The highest BCUT2D eigenvalue weighted by atomic mass is 16.5. The van der Waals surface area contributed by atoms with Crippen LogP contribution in [0.5, 0.6) is 0 Å². The molecule has 0 N–H and O–H groups in total. The largest absolute Gasteiger partial charge is 0.378 e. The molecule has 5 heterocycles. The monoisotopic (exact) mass is 407 g/mol. The highest BCUT2D eigenvalue weighted by Gasteiger charge is 2.22. The summed E-state index contributed by atoms with van der Waals surface area (Å²) in [6.45, 7) is 8.53. The summed E-state index contributed by atoms with van der Waals surface area (Å²) in [6.07, 6.45) is 5.50. The molecule has 2 saturated heterocycles. The number of hydrogen-bond acceptors (Lipinski definition) is 9. The molecule has 0 amide bonds. The van der Waals surface area contributed by atoms with E-state index in [1.807, 2.05) is 37.5 Å². The molecule has 156 valence electrons. The maximum atomic E-state index is 5.43. The van der Waals surface area contributed by atoms with E-state index >= 15 is 0 Å². The van der Waals surface area contributed by atoms with E-state index in [1.165, 1.54) is 0 Å². The van der Waals surface area contributed by atoms with Gasteiger partial charge in [0.1, 0.15) is 17.5 Å². The Bertz CT molecular complexity index is 980. The Morgan fingerprint density at radius 2 is 1.53 bits per heavy atom. The molecule has 3 aromatic rings. The highest BCUT2D eigenvalue weighted by molar-refractivity contribution is 5.49. The first-order valence-electron chi connectivity index (χ1n) is 10.3. The Morgan fingerprint density at radius 1 is 0.800 bits per heavy atom. The lowest BCUT2D eigenvalue weighted by atomic mass is 10.3. The minimum Gasteiger partial charge on any atom is -0.378 e. The van der Waals surface area contributed by atoms with Crippen molar-refractivity contribution in [1.82, 2.24) is 29.7 Å². The SMILES string of the molecule is Cc1nc(N2CCN(c3ccnc(N4CCOCC4)n3)CC2)cc(-n2cccn2)n1. The lowest BCUT2D eigenvalue weighted by molar-refractivity contribution is 0.122. The van der Waals surface area contributed by atoms with Gasteiger partial charge < -0.3 is 19.4 Å². The average molecular weight is 407 g/mol. The van der Waals surface area contributed by atoms with Crippen LogP contribution in [0.1, 0.15) is 5.82 Å². The van der Waals surface area contributed by atoms with Crippen LogP contribution >= 0.6 is 0 Å². The quantitative estimate of drug-likeness (QED) is 0.626. The molecule has 0 aliphatic carbocycles. The molecule has 0 spiro atoms. The van der Waals surface area contributed by atoms with Crippen LogP contribution in [0.3, 0.4) is 0 Å². The van der Waals surface area contributed by atoms with Crippen LogP contribution < -0.4 is 14.7 Å². The van der Waals surface area contributed by atoms with Crippen molar-refractivity contribution in [3.05, 3.63) is 42.6 Å². The number of piperazine rings is 1. The van der Waals surface area contributed by atoms with Gasteiger partial charge in [0.05, 0.1) is 13.2 Å². The summed E-state index contributed by atoms with van der Waals surface area (Å²) in [5.41, 5.74) is 0. The van der Waals surface area contributed by atoms with Gasteiger partial charge in [0.25, 0.3) is 0 Å². The zero-order valence-electron chi connectivity index (χ0n) is 17.1. The molecule has 0 bridgehead atoms. The number of anilines is 3. The molecule has 2 aliphatic heterocycles. The molecular weight excluding hydrogens is 382 g/mol. The fourth-order valence-corrected chi connectivity index (χ4v) is 3.82. The van der Waals surface area contributed by atoms with Crippen molar-refractivity contribution >= 4 is 17.6 Å². The lowest BCUT2D eigenvalue weighted by Gasteiger charge is -2.36. The van der Waals surface area contributed by atoms with Crippen molar-refractivity contribution in [3.8, 4) is 5.82 Å². The number of nitrogens with zero attached hydrogens (tertiary/aromatic N) is 9. The summed E-state index contributed by atoms with van der Waals surface area (Å²) in [4.78, 5) is 25.2.